The Labute approximate surface area is 126 Å². The Hall–Kier alpha value is -1.91. The normalized spacial score (nSPS) is 12.2. The van der Waals surface area contributed by atoms with Crippen LogP contribution in [0, 0.1) is 5.41 Å². The molecule has 0 fully saturated rings. The van der Waals surface area contributed by atoms with Crippen LogP contribution in [0.5, 0.6) is 11.5 Å². The van der Waals surface area contributed by atoms with Crippen molar-refractivity contribution < 1.29 is 14.7 Å². The summed E-state index contributed by atoms with van der Waals surface area (Å²) < 4.78 is 11.1. The van der Waals surface area contributed by atoms with Crippen molar-refractivity contribution in [3.8, 4) is 11.5 Å². The number of benzene rings is 1. The molecule has 5 heteroatoms. The van der Waals surface area contributed by atoms with Gasteiger partial charge in [0.1, 0.15) is 17.3 Å². The van der Waals surface area contributed by atoms with Crippen LogP contribution in [-0.4, -0.2) is 24.3 Å². The van der Waals surface area contributed by atoms with Crippen LogP contribution < -0.4 is 15.2 Å². The van der Waals surface area contributed by atoms with Crippen LogP contribution in [0.1, 0.15) is 40.0 Å². The zero-order chi connectivity index (χ0) is 15.7. The summed E-state index contributed by atoms with van der Waals surface area (Å²) in [6, 6.07) is 7.64. The molecule has 1 rings (SSSR count). The van der Waals surface area contributed by atoms with E-state index < -0.39 is 0 Å². The van der Waals surface area contributed by atoms with Crippen molar-refractivity contribution >= 4 is 5.84 Å². The van der Waals surface area contributed by atoms with Gasteiger partial charge in [0.05, 0.1) is 13.2 Å². The molecule has 0 aliphatic heterocycles. The fraction of sp³-hybridized carbons (Fsp3) is 0.562. The van der Waals surface area contributed by atoms with Gasteiger partial charge in [-0.3, -0.25) is 0 Å². The molecular weight excluding hydrogens is 268 g/mol. The van der Waals surface area contributed by atoms with Crippen molar-refractivity contribution in [2.75, 3.05) is 13.2 Å². The van der Waals surface area contributed by atoms with Crippen molar-refractivity contribution in [2.45, 2.75) is 40.0 Å². The van der Waals surface area contributed by atoms with Crippen LogP contribution in [0.15, 0.2) is 29.4 Å². The molecule has 0 heterocycles. The van der Waals surface area contributed by atoms with E-state index in [1.54, 1.807) is 0 Å². The molecule has 0 aliphatic carbocycles. The second-order valence-corrected chi connectivity index (χ2v) is 5.58. The van der Waals surface area contributed by atoms with E-state index >= 15 is 0 Å². The second-order valence-electron chi connectivity index (χ2n) is 5.58. The van der Waals surface area contributed by atoms with Gasteiger partial charge in [0.2, 0.25) is 0 Å². The molecule has 1 aromatic rings. The largest absolute Gasteiger partial charge is 0.494 e. The summed E-state index contributed by atoms with van der Waals surface area (Å²) in [6.45, 7) is 7.17. The molecule has 0 atom stereocenters. The maximum atomic E-state index is 8.72. The first kappa shape index (κ1) is 17.1. The smallest absolute Gasteiger partial charge is 0.144 e. The molecule has 0 aromatic heterocycles. The quantitative estimate of drug-likeness (QED) is 0.240. The lowest BCUT2D eigenvalue weighted by Gasteiger charge is -2.22. The first-order valence-corrected chi connectivity index (χ1v) is 7.33. The molecule has 0 amide bonds. The summed E-state index contributed by atoms with van der Waals surface area (Å²) in [6.07, 6.45) is 2.72. The Morgan fingerprint density at radius 3 is 2.52 bits per heavy atom. The summed E-state index contributed by atoms with van der Waals surface area (Å²) in [5.74, 6) is 1.91. The molecule has 0 aliphatic rings. The van der Waals surface area contributed by atoms with E-state index in [1.807, 2.05) is 45.0 Å². The Bertz CT molecular complexity index is 459. The van der Waals surface area contributed by atoms with Gasteiger partial charge in [-0.05, 0) is 38.3 Å². The zero-order valence-electron chi connectivity index (χ0n) is 13.1. The molecule has 1 aromatic carbocycles. The van der Waals surface area contributed by atoms with Gasteiger partial charge in [-0.1, -0.05) is 25.1 Å². The minimum absolute atomic E-state index is 0.271. The third kappa shape index (κ3) is 5.94. The Morgan fingerprint density at radius 1 is 1.24 bits per heavy atom. The lowest BCUT2D eigenvalue weighted by Crippen LogP contribution is -2.31. The van der Waals surface area contributed by atoms with Gasteiger partial charge in [-0.2, -0.15) is 0 Å². The summed E-state index contributed by atoms with van der Waals surface area (Å²) >= 11 is 0. The molecule has 5 nitrogen and oxygen atoms in total. The van der Waals surface area contributed by atoms with E-state index in [9.17, 15) is 0 Å². The molecule has 0 spiro atoms. The standard InChI is InChI=1S/C16H26N2O3/c1-4-20-13-8-7-9-14(12-13)21-11-6-5-10-16(2,3)15(17)18-19/h7-9,12,19H,4-6,10-11H2,1-3H3,(H2,17,18). The minimum Gasteiger partial charge on any atom is -0.494 e. The first-order valence-electron chi connectivity index (χ1n) is 7.33. The minimum atomic E-state index is -0.288. The van der Waals surface area contributed by atoms with E-state index in [0.717, 1.165) is 30.8 Å². The number of rotatable bonds is 9. The molecule has 0 bridgehead atoms. The van der Waals surface area contributed by atoms with Gasteiger partial charge >= 0.3 is 0 Å². The highest BCUT2D eigenvalue weighted by molar-refractivity contribution is 5.85. The average Bonchev–Trinajstić information content (AvgIpc) is 2.46. The molecule has 0 saturated heterocycles. The number of oxime groups is 1. The maximum absolute atomic E-state index is 8.72. The predicted octanol–water partition coefficient (Wildman–Crippen LogP) is 3.41. The highest BCUT2D eigenvalue weighted by Crippen LogP contribution is 2.24. The van der Waals surface area contributed by atoms with Crippen molar-refractivity contribution in [3.63, 3.8) is 0 Å². The number of unbranched alkanes of at least 4 members (excludes halogenated alkanes) is 1. The van der Waals surface area contributed by atoms with Crippen LogP contribution in [0.3, 0.4) is 0 Å². The number of nitrogens with two attached hydrogens (primary N) is 1. The van der Waals surface area contributed by atoms with Gasteiger partial charge in [-0.25, -0.2) is 0 Å². The van der Waals surface area contributed by atoms with E-state index in [-0.39, 0.29) is 11.3 Å². The van der Waals surface area contributed by atoms with E-state index in [4.69, 9.17) is 20.4 Å². The van der Waals surface area contributed by atoms with Crippen molar-refractivity contribution in [3.05, 3.63) is 24.3 Å². The highest BCUT2D eigenvalue weighted by atomic mass is 16.5. The highest BCUT2D eigenvalue weighted by Gasteiger charge is 2.22. The summed E-state index contributed by atoms with van der Waals surface area (Å²) in [5, 5.41) is 11.8. The lowest BCUT2D eigenvalue weighted by molar-refractivity contribution is 0.286. The predicted molar refractivity (Wildman–Crippen MR) is 84.1 cm³/mol. The van der Waals surface area contributed by atoms with Gasteiger partial charge in [0.15, 0.2) is 0 Å². The van der Waals surface area contributed by atoms with Crippen LogP contribution in [0.2, 0.25) is 0 Å². The van der Waals surface area contributed by atoms with Crippen molar-refractivity contribution in [2.24, 2.45) is 16.3 Å². The molecule has 3 N–H and O–H groups in total. The van der Waals surface area contributed by atoms with E-state index in [0.29, 0.717) is 13.2 Å². The van der Waals surface area contributed by atoms with Crippen molar-refractivity contribution in [1.29, 1.82) is 0 Å². The van der Waals surface area contributed by atoms with Gasteiger partial charge in [0.25, 0.3) is 0 Å². The summed E-state index contributed by atoms with van der Waals surface area (Å²) in [4.78, 5) is 0. The van der Waals surface area contributed by atoms with Crippen molar-refractivity contribution in [1.82, 2.24) is 0 Å². The Balaban J connectivity index is 2.30. The zero-order valence-corrected chi connectivity index (χ0v) is 13.1. The summed E-state index contributed by atoms with van der Waals surface area (Å²) in [5.41, 5.74) is 5.37. The van der Waals surface area contributed by atoms with Gasteiger partial charge < -0.3 is 20.4 Å². The molecule has 21 heavy (non-hydrogen) atoms. The van der Waals surface area contributed by atoms with Crippen LogP contribution in [0.4, 0.5) is 0 Å². The number of amidine groups is 1. The van der Waals surface area contributed by atoms with E-state index in [1.165, 1.54) is 0 Å². The van der Waals surface area contributed by atoms with Crippen LogP contribution in [-0.2, 0) is 0 Å². The SMILES string of the molecule is CCOc1cccc(OCCCCC(C)(C)/C(N)=N/O)c1. The van der Waals surface area contributed by atoms with Gasteiger partial charge in [-0.15, -0.1) is 0 Å². The van der Waals surface area contributed by atoms with Gasteiger partial charge in [0, 0.05) is 11.5 Å². The molecule has 0 unspecified atom stereocenters. The number of hydrogen-bond donors (Lipinski definition) is 2. The number of nitrogens with zero attached hydrogens (tertiary/aromatic N) is 1. The third-order valence-corrected chi connectivity index (χ3v) is 3.38. The maximum Gasteiger partial charge on any atom is 0.144 e. The summed E-state index contributed by atoms with van der Waals surface area (Å²) in [7, 11) is 0. The van der Waals surface area contributed by atoms with Crippen LogP contribution in [0.25, 0.3) is 0 Å². The first-order chi connectivity index (χ1) is 9.99. The monoisotopic (exact) mass is 294 g/mol. The Morgan fingerprint density at radius 2 is 1.90 bits per heavy atom. The Kier molecular flexibility index (Phi) is 6.85. The number of ether oxygens (including phenoxy) is 2. The fourth-order valence-electron chi connectivity index (χ4n) is 1.94. The fourth-order valence-corrected chi connectivity index (χ4v) is 1.94. The van der Waals surface area contributed by atoms with E-state index in [2.05, 4.69) is 5.16 Å². The third-order valence-electron chi connectivity index (χ3n) is 3.38. The molecule has 0 saturated carbocycles. The topological polar surface area (TPSA) is 77.1 Å². The lowest BCUT2D eigenvalue weighted by atomic mass is 9.86. The molecule has 118 valence electrons. The second kappa shape index (κ2) is 8.39. The number of hydrogen-bond acceptors (Lipinski definition) is 4. The van der Waals surface area contributed by atoms with Crippen LogP contribution >= 0.6 is 0 Å². The molecule has 0 radical (unpaired) electrons. The molecular formula is C16H26N2O3. The average molecular weight is 294 g/mol.